The lowest BCUT2D eigenvalue weighted by Crippen LogP contribution is -2.45. The highest BCUT2D eigenvalue weighted by molar-refractivity contribution is 5.94. The number of ether oxygens (including phenoxy) is 1. The van der Waals surface area contributed by atoms with Gasteiger partial charge in [-0.1, -0.05) is 48.5 Å². The quantitative estimate of drug-likeness (QED) is 0.690. The topological polar surface area (TPSA) is 49.9 Å². The number of hydrogen-bond acceptors (Lipinski definition) is 4. The fourth-order valence-corrected chi connectivity index (χ4v) is 3.63. The molecular formula is C23H28N2O3. The summed E-state index contributed by atoms with van der Waals surface area (Å²) in [6, 6.07) is 19.7. The monoisotopic (exact) mass is 380 g/mol. The number of nitrogens with zero attached hydrogens (tertiary/aromatic N) is 2. The summed E-state index contributed by atoms with van der Waals surface area (Å²) in [5.74, 6) is -0.246. The summed E-state index contributed by atoms with van der Waals surface area (Å²) in [5, 5.41) is 0. The molecule has 0 spiro atoms. The van der Waals surface area contributed by atoms with Gasteiger partial charge in [-0.05, 0) is 44.0 Å². The van der Waals surface area contributed by atoms with Crippen LogP contribution in [0.2, 0.25) is 0 Å². The van der Waals surface area contributed by atoms with Gasteiger partial charge >= 0.3 is 5.97 Å². The normalized spacial score (nSPS) is 17.1. The molecule has 0 N–H and O–H groups in total. The van der Waals surface area contributed by atoms with Crippen molar-refractivity contribution in [2.24, 2.45) is 5.92 Å². The minimum absolute atomic E-state index is 0.0413. The van der Waals surface area contributed by atoms with Gasteiger partial charge in [-0.2, -0.15) is 0 Å². The van der Waals surface area contributed by atoms with Crippen molar-refractivity contribution in [3.8, 4) is 0 Å². The average molecular weight is 380 g/mol. The van der Waals surface area contributed by atoms with Crippen molar-refractivity contribution in [2.75, 3.05) is 31.1 Å². The third-order valence-corrected chi connectivity index (χ3v) is 5.04. The van der Waals surface area contributed by atoms with Crippen molar-refractivity contribution < 1.29 is 14.3 Å². The summed E-state index contributed by atoms with van der Waals surface area (Å²) in [5.41, 5.74) is 1.97. The first-order valence-electron chi connectivity index (χ1n) is 9.95. The number of hydrogen-bond donors (Lipinski definition) is 0. The fourth-order valence-electron chi connectivity index (χ4n) is 3.63. The lowest BCUT2D eigenvalue weighted by atomic mass is 9.98. The van der Waals surface area contributed by atoms with Crippen molar-refractivity contribution in [1.82, 2.24) is 4.90 Å². The summed E-state index contributed by atoms with van der Waals surface area (Å²) in [6.07, 6.45) is 1.73. The number of likely N-dealkylation sites (tertiary alicyclic amines) is 1. The van der Waals surface area contributed by atoms with E-state index >= 15 is 0 Å². The van der Waals surface area contributed by atoms with Gasteiger partial charge < -0.3 is 9.64 Å². The molecule has 1 unspecified atom stereocenters. The minimum Gasteiger partial charge on any atom is -0.466 e. The number of para-hydroxylation sites is 1. The van der Waals surface area contributed by atoms with E-state index in [-0.39, 0.29) is 17.8 Å². The summed E-state index contributed by atoms with van der Waals surface area (Å²) >= 11 is 0. The van der Waals surface area contributed by atoms with Crippen LogP contribution in [-0.2, 0) is 20.9 Å². The molecule has 1 heterocycles. The second kappa shape index (κ2) is 10.0. The first kappa shape index (κ1) is 20.1. The Hall–Kier alpha value is -2.66. The van der Waals surface area contributed by atoms with Gasteiger partial charge in [0.2, 0.25) is 5.91 Å². The first-order valence-corrected chi connectivity index (χ1v) is 9.95. The third kappa shape index (κ3) is 5.42. The van der Waals surface area contributed by atoms with Gasteiger partial charge in [-0.15, -0.1) is 0 Å². The Morgan fingerprint density at radius 1 is 1.07 bits per heavy atom. The Morgan fingerprint density at radius 2 is 1.75 bits per heavy atom. The van der Waals surface area contributed by atoms with E-state index in [4.69, 9.17) is 4.74 Å². The molecule has 1 aliphatic rings. The number of piperidine rings is 1. The van der Waals surface area contributed by atoms with Crippen LogP contribution in [-0.4, -0.2) is 43.0 Å². The summed E-state index contributed by atoms with van der Waals surface area (Å²) in [4.78, 5) is 29.2. The molecule has 0 aliphatic carbocycles. The van der Waals surface area contributed by atoms with Crippen LogP contribution in [0.5, 0.6) is 0 Å². The maximum atomic E-state index is 13.2. The van der Waals surface area contributed by atoms with Gasteiger partial charge in [-0.3, -0.25) is 14.5 Å². The highest BCUT2D eigenvalue weighted by Gasteiger charge is 2.29. The van der Waals surface area contributed by atoms with Crippen molar-refractivity contribution in [3.05, 3.63) is 66.2 Å². The molecule has 5 nitrogen and oxygen atoms in total. The number of carbonyl (C=O) groups excluding carboxylic acids is 2. The van der Waals surface area contributed by atoms with Crippen LogP contribution >= 0.6 is 0 Å². The molecule has 148 valence electrons. The Morgan fingerprint density at radius 3 is 2.43 bits per heavy atom. The molecule has 5 heteroatoms. The molecule has 1 aliphatic heterocycles. The Labute approximate surface area is 166 Å². The van der Waals surface area contributed by atoms with Crippen LogP contribution < -0.4 is 4.90 Å². The molecule has 1 atom stereocenters. The maximum absolute atomic E-state index is 13.2. The Balaban J connectivity index is 1.70. The summed E-state index contributed by atoms with van der Waals surface area (Å²) in [6.45, 7) is 4.46. The molecule has 0 aromatic heterocycles. The minimum atomic E-state index is -0.149. The van der Waals surface area contributed by atoms with E-state index < -0.39 is 0 Å². The number of anilines is 1. The standard InChI is InChI=1S/C23H28N2O3/c1-2-28-23(27)20-12-9-15-24(17-20)18-22(26)25(21-13-7-4-8-14-21)16-19-10-5-3-6-11-19/h3-8,10-11,13-14,20H,2,9,12,15-18H2,1H3. The van der Waals surface area contributed by atoms with E-state index in [1.807, 2.05) is 72.5 Å². The van der Waals surface area contributed by atoms with Crippen LogP contribution in [0.25, 0.3) is 0 Å². The molecule has 2 aromatic carbocycles. The Bertz CT molecular complexity index is 764. The zero-order valence-corrected chi connectivity index (χ0v) is 16.4. The van der Waals surface area contributed by atoms with Crippen molar-refractivity contribution in [3.63, 3.8) is 0 Å². The third-order valence-electron chi connectivity index (χ3n) is 5.04. The second-order valence-electron chi connectivity index (χ2n) is 7.13. The van der Waals surface area contributed by atoms with Gasteiger partial charge in [0.05, 0.1) is 25.6 Å². The lowest BCUT2D eigenvalue weighted by molar-refractivity contribution is -0.150. The first-order chi connectivity index (χ1) is 13.7. The van der Waals surface area contributed by atoms with Crippen LogP contribution in [0.4, 0.5) is 5.69 Å². The molecule has 1 amide bonds. The maximum Gasteiger partial charge on any atom is 0.310 e. The zero-order chi connectivity index (χ0) is 19.8. The number of carbonyl (C=O) groups is 2. The zero-order valence-electron chi connectivity index (χ0n) is 16.4. The van der Waals surface area contributed by atoms with Crippen LogP contribution in [0.1, 0.15) is 25.3 Å². The molecule has 28 heavy (non-hydrogen) atoms. The van der Waals surface area contributed by atoms with Gasteiger partial charge in [0.25, 0.3) is 0 Å². The number of esters is 1. The average Bonchev–Trinajstić information content (AvgIpc) is 2.73. The Kier molecular flexibility index (Phi) is 7.20. The van der Waals surface area contributed by atoms with Gasteiger partial charge in [0, 0.05) is 12.2 Å². The van der Waals surface area contributed by atoms with E-state index in [9.17, 15) is 9.59 Å². The second-order valence-corrected chi connectivity index (χ2v) is 7.13. The number of rotatable bonds is 7. The SMILES string of the molecule is CCOC(=O)C1CCCN(CC(=O)N(Cc2ccccc2)c2ccccc2)C1. The van der Waals surface area contributed by atoms with Gasteiger partial charge in [0.15, 0.2) is 0 Å². The molecule has 0 bridgehead atoms. The lowest BCUT2D eigenvalue weighted by Gasteiger charge is -2.33. The number of benzene rings is 2. The molecule has 0 radical (unpaired) electrons. The van der Waals surface area contributed by atoms with Crippen LogP contribution in [0.15, 0.2) is 60.7 Å². The molecule has 2 aromatic rings. The molecule has 3 rings (SSSR count). The largest absolute Gasteiger partial charge is 0.466 e. The van der Waals surface area contributed by atoms with Crippen molar-refractivity contribution in [1.29, 1.82) is 0 Å². The van der Waals surface area contributed by atoms with Crippen LogP contribution in [0, 0.1) is 5.92 Å². The summed E-state index contributed by atoms with van der Waals surface area (Å²) in [7, 11) is 0. The van der Waals surface area contributed by atoms with E-state index in [1.54, 1.807) is 0 Å². The predicted octanol–water partition coefficient (Wildman–Crippen LogP) is 3.49. The van der Waals surface area contributed by atoms with E-state index in [2.05, 4.69) is 4.90 Å². The predicted molar refractivity (Wildman–Crippen MR) is 110 cm³/mol. The summed E-state index contributed by atoms with van der Waals surface area (Å²) < 4.78 is 5.17. The van der Waals surface area contributed by atoms with E-state index in [1.165, 1.54) is 0 Å². The van der Waals surface area contributed by atoms with Gasteiger partial charge in [-0.25, -0.2) is 0 Å². The molecule has 0 saturated carbocycles. The smallest absolute Gasteiger partial charge is 0.310 e. The number of amides is 1. The van der Waals surface area contributed by atoms with Crippen LogP contribution in [0.3, 0.4) is 0 Å². The fraction of sp³-hybridized carbons (Fsp3) is 0.391. The highest BCUT2D eigenvalue weighted by Crippen LogP contribution is 2.21. The molecule has 1 fully saturated rings. The van der Waals surface area contributed by atoms with E-state index in [0.717, 1.165) is 30.6 Å². The van der Waals surface area contributed by atoms with Gasteiger partial charge in [0.1, 0.15) is 0 Å². The molecule has 1 saturated heterocycles. The molecular weight excluding hydrogens is 352 g/mol. The van der Waals surface area contributed by atoms with E-state index in [0.29, 0.717) is 26.2 Å². The van der Waals surface area contributed by atoms with Crippen molar-refractivity contribution in [2.45, 2.75) is 26.3 Å². The highest BCUT2D eigenvalue weighted by atomic mass is 16.5. The van der Waals surface area contributed by atoms with Crippen molar-refractivity contribution >= 4 is 17.6 Å².